The number of rotatable bonds is 11. The van der Waals surface area contributed by atoms with Crippen LogP contribution in [0.1, 0.15) is 53.9 Å². The van der Waals surface area contributed by atoms with E-state index in [1.54, 1.807) is 36.4 Å². The van der Waals surface area contributed by atoms with Gasteiger partial charge >= 0.3 is 0 Å². The first-order chi connectivity index (χ1) is 16.3. The van der Waals surface area contributed by atoms with Crippen LogP contribution in [0.25, 0.3) is 5.69 Å². The molecule has 0 aliphatic rings. The Morgan fingerprint density at radius 2 is 1.88 bits per heavy atom. The largest absolute Gasteiger partial charge is 0.300 e. The van der Waals surface area contributed by atoms with Crippen LogP contribution in [0, 0.1) is 0 Å². The second-order valence-corrected chi connectivity index (χ2v) is 9.29. The molecular formula is C26H31Cl2N5O. The van der Waals surface area contributed by atoms with Gasteiger partial charge in [0, 0.05) is 22.7 Å². The number of aromatic nitrogens is 3. The molecule has 0 fully saturated rings. The number of benzene rings is 2. The molecule has 0 radical (unpaired) electrons. The van der Waals surface area contributed by atoms with Crippen molar-refractivity contribution in [1.29, 1.82) is 0 Å². The third-order valence-corrected chi connectivity index (χ3v) is 6.32. The van der Waals surface area contributed by atoms with Crippen molar-refractivity contribution in [2.24, 2.45) is 0 Å². The molecule has 0 amide bonds. The number of nitrogens with zero attached hydrogens (tertiary/aromatic N) is 5. The lowest BCUT2D eigenvalue weighted by Crippen LogP contribution is -2.27. The Balaban J connectivity index is 2.21. The molecule has 0 bridgehead atoms. The topological polar surface area (TPSA) is 54.3 Å². The molecule has 0 saturated carbocycles. The van der Waals surface area contributed by atoms with E-state index in [4.69, 9.17) is 23.2 Å². The SMILES string of the molecule is C=CCN(CCC)Cc1nnc(C(C)N(C)C)n1-c1ccc(Cl)cc1C(=O)c1ccccc1Cl. The van der Waals surface area contributed by atoms with E-state index in [1.807, 2.05) is 30.8 Å². The predicted octanol–water partition coefficient (Wildman–Crippen LogP) is 5.83. The molecule has 2 aromatic carbocycles. The molecule has 34 heavy (non-hydrogen) atoms. The van der Waals surface area contributed by atoms with Crippen LogP contribution >= 0.6 is 23.2 Å². The summed E-state index contributed by atoms with van der Waals surface area (Å²) >= 11 is 12.7. The molecule has 1 unspecified atom stereocenters. The smallest absolute Gasteiger partial charge is 0.196 e. The second kappa shape index (κ2) is 11.8. The normalized spacial score (nSPS) is 12.4. The lowest BCUT2D eigenvalue weighted by molar-refractivity contribution is 0.103. The van der Waals surface area contributed by atoms with Crippen molar-refractivity contribution in [3.63, 3.8) is 0 Å². The summed E-state index contributed by atoms with van der Waals surface area (Å²) in [6.45, 7) is 10.3. The van der Waals surface area contributed by atoms with Crippen molar-refractivity contribution in [3.8, 4) is 5.69 Å². The van der Waals surface area contributed by atoms with Crippen LogP contribution < -0.4 is 0 Å². The lowest BCUT2D eigenvalue weighted by atomic mass is 10.0. The maximum absolute atomic E-state index is 13.7. The maximum Gasteiger partial charge on any atom is 0.196 e. The minimum absolute atomic E-state index is 0.0424. The van der Waals surface area contributed by atoms with Gasteiger partial charge in [0.25, 0.3) is 0 Å². The highest BCUT2D eigenvalue weighted by Crippen LogP contribution is 2.29. The van der Waals surface area contributed by atoms with Crippen molar-refractivity contribution >= 4 is 29.0 Å². The number of hydrogen-bond donors (Lipinski definition) is 0. The van der Waals surface area contributed by atoms with Crippen molar-refractivity contribution in [1.82, 2.24) is 24.6 Å². The van der Waals surface area contributed by atoms with Gasteiger partial charge in [-0.15, -0.1) is 16.8 Å². The van der Waals surface area contributed by atoms with Crippen LogP contribution in [0.5, 0.6) is 0 Å². The molecule has 0 saturated heterocycles. The summed E-state index contributed by atoms with van der Waals surface area (Å²) in [5.74, 6) is 1.28. The molecule has 180 valence electrons. The fraction of sp³-hybridized carbons (Fsp3) is 0.346. The summed E-state index contributed by atoms with van der Waals surface area (Å²) in [6, 6.07) is 12.3. The highest BCUT2D eigenvalue weighted by atomic mass is 35.5. The van der Waals surface area contributed by atoms with E-state index >= 15 is 0 Å². The minimum Gasteiger partial charge on any atom is -0.300 e. The highest BCUT2D eigenvalue weighted by Gasteiger charge is 2.26. The van der Waals surface area contributed by atoms with Gasteiger partial charge in [-0.25, -0.2) is 0 Å². The van der Waals surface area contributed by atoms with Crippen LogP contribution in [0.2, 0.25) is 10.0 Å². The van der Waals surface area contributed by atoms with E-state index in [2.05, 4.69) is 40.4 Å². The number of hydrogen-bond acceptors (Lipinski definition) is 5. The van der Waals surface area contributed by atoms with Crippen LogP contribution in [0.3, 0.4) is 0 Å². The van der Waals surface area contributed by atoms with E-state index in [0.717, 1.165) is 31.2 Å². The molecule has 0 aliphatic carbocycles. The number of ketones is 1. The van der Waals surface area contributed by atoms with Gasteiger partial charge in [-0.05, 0) is 64.3 Å². The zero-order chi connectivity index (χ0) is 24.8. The fourth-order valence-electron chi connectivity index (χ4n) is 3.81. The van der Waals surface area contributed by atoms with Crippen LogP contribution in [0.15, 0.2) is 55.1 Å². The summed E-state index contributed by atoms with van der Waals surface area (Å²) in [7, 11) is 3.98. The van der Waals surface area contributed by atoms with Gasteiger partial charge in [0.05, 0.1) is 23.3 Å². The third kappa shape index (κ3) is 5.76. The van der Waals surface area contributed by atoms with E-state index in [-0.39, 0.29) is 11.8 Å². The molecule has 1 aromatic heterocycles. The Morgan fingerprint density at radius 1 is 1.15 bits per heavy atom. The minimum atomic E-state index is -0.206. The summed E-state index contributed by atoms with van der Waals surface area (Å²) in [4.78, 5) is 18.0. The first-order valence-electron chi connectivity index (χ1n) is 11.3. The molecule has 1 heterocycles. The van der Waals surface area contributed by atoms with Crippen LogP contribution in [0.4, 0.5) is 0 Å². The van der Waals surface area contributed by atoms with Crippen molar-refractivity contribution in [2.75, 3.05) is 27.2 Å². The first-order valence-corrected chi connectivity index (χ1v) is 12.1. The Bertz CT molecular complexity index is 1160. The second-order valence-electron chi connectivity index (χ2n) is 8.44. The standard InChI is InChI=1S/C26H31Cl2N5O/c1-6-14-32(15-7-2)17-24-29-30-26(18(3)31(4)5)33(24)23-13-12-19(27)16-21(23)25(34)20-10-8-9-11-22(20)28/h6,8-13,16,18H,1,7,14-15,17H2,2-5H3. The molecule has 3 rings (SSSR count). The average molecular weight is 500 g/mol. The molecular weight excluding hydrogens is 469 g/mol. The number of carbonyl (C=O) groups excluding carboxylic acids is 1. The molecule has 3 aromatic rings. The molecule has 0 aliphatic heterocycles. The Morgan fingerprint density at radius 3 is 2.53 bits per heavy atom. The Labute approximate surface area is 211 Å². The summed E-state index contributed by atoms with van der Waals surface area (Å²) in [6.07, 6.45) is 2.88. The molecule has 0 spiro atoms. The number of carbonyl (C=O) groups is 1. The summed E-state index contributed by atoms with van der Waals surface area (Å²) in [5.41, 5.74) is 1.54. The highest BCUT2D eigenvalue weighted by molar-refractivity contribution is 6.35. The van der Waals surface area contributed by atoms with Gasteiger partial charge < -0.3 is 0 Å². The Hall–Kier alpha value is -2.51. The molecule has 1 atom stereocenters. The fourth-order valence-corrected chi connectivity index (χ4v) is 4.20. The van der Waals surface area contributed by atoms with E-state index < -0.39 is 0 Å². The van der Waals surface area contributed by atoms with Crippen molar-refractivity contribution in [2.45, 2.75) is 32.9 Å². The monoisotopic (exact) mass is 499 g/mol. The van der Waals surface area contributed by atoms with Crippen molar-refractivity contribution < 1.29 is 4.79 Å². The first kappa shape index (κ1) is 26.1. The quantitative estimate of drug-likeness (QED) is 0.245. The van der Waals surface area contributed by atoms with Gasteiger partial charge in [-0.3, -0.25) is 19.2 Å². The van der Waals surface area contributed by atoms with E-state index in [0.29, 0.717) is 33.4 Å². The van der Waals surface area contributed by atoms with Crippen LogP contribution in [-0.2, 0) is 6.54 Å². The molecule has 6 nitrogen and oxygen atoms in total. The van der Waals surface area contributed by atoms with E-state index in [1.165, 1.54) is 0 Å². The average Bonchev–Trinajstić information content (AvgIpc) is 3.21. The third-order valence-electron chi connectivity index (χ3n) is 5.76. The number of halogens is 2. The van der Waals surface area contributed by atoms with Crippen molar-refractivity contribution in [3.05, 3.63) is 87.9 Å². The predicted molar refractivity (Wildman–Crippen MR) is 139 cm³/mol. The van der Waals surface area contributed by atoms with Gasteiger partial charge in [0.2, 0.25) is 0 Å². The Kier molecular flexibility index (Phi) is 9.03. The summed E-state index contributed by atoms with van der Waals surface area (Å²) < 4.78 is 1.98. The van der Waals surface area contributed by atoms with Crippen LogP contribution in [-0.4, -0.2) is 57.5 Å². The van der Waals surface area contributed by atoms with Gasteiger partial charge in [-0.1, -0.05) is 48.3 Å². The van der Waals surface area contributed by atoms with Gasteiger partial charge in [0.15, 0.2) is 17.4 Å². The molecule has 0 N–H and O–H groups in total. The van der Waals surface area contributed by atoms with Gasteiger partial charge in [0.1, 0.15) is 0 Å². The molecule has 8 heteroatoms. The zero-order valence-electron chi connectivity index (χ0n) is 20.1. The zero-order valence-corrected chi connectivity index (χ0v) is 21.6. The van der Waals surface area contributed by atoms with Gasteiger partial charge in [-0.2, -0.15) is 0 Å². The lowest BCUT2D eigenvalue weighted by Gasteiger charge is -2.24. The summed E-state index contributed by atoms with van der Waals surface area (Å²) in [5, 5.41) is 9.96. The maximum atomic E-state index is 13.7. The van der Waals surface area contributed by atoms with E-state index in [9.17, 15) is 4.79 Å².